The van der Waals surface area contributed by atoms with Crippen molar-refractivity contribution in [2.24, 2.45) is 0 Å². The van der Waals surface area contributed by atoms with Gasteiger partial charge in [-0.15, -0.1) is 0 Å². The summed E-state index contributed by atoms with van der Waals surface area (Å²) in [6.45, 7) is 10.8. The van der Waals surface area contributed by atoms with E-state index in [0.29, 0.717) is 12.5 Å². The molecule has 1 aromatic heterocycles. The number of aryl methyl sites for hydroxylation is 1. The van der Waals surface area contributed by atoms with Crippen LogP contribution < -0.4 is 4.90 Å². The maximum Gasteiger partial charge on any atom is 0.410 e. The number of rotatable bonds is 2. The van der Waals surface area contributed by atoms with Gasteiger partial charge in [-0.25, -0.2) is 14.8 Å². The molecule has 0 aromatic carbocycles. The van der Waals surface area contributed by atoms with Crippen LogP contribution in [0.3, 0.4) is 0 Å². The van der Waals surface area contributed by atoms with Gasteiger partial charge in [0.15, 0.2) is 0 Å². The molecule has 1 aromatic rings. The Morgan fingerprint density at radius 2 is 1.92 bits per heavy atom. The number of nitrogens with zero attached hydrogens (tertiary/aromatic N) is 4. The number of carbonyl (C=O) groups excluding carboxylic acids is 1. The molecule has 0 unspecified atom stereocenters. The molecule has 1 aliphatic heterocycles. The highest BCUT2D eigenvalue weighted by molar-refractivity contribution is 5.68. The third kappa shape index (κ3) is 4.36. The van der Waals surface area contributed by atoms with Gasteiger partial charge in [0.2, 0.25) is 0 Å². The number of anilines is 1. The lowest BCUT2D eigenvalue weighted by Gasteiger charge is -2.26. The molecular weight excluding hydrogens is 304 g/mol. The Morgan fingerprint density at radius 3 is 2.58 bits per heavy atom. The number of ether oxygens (including phenoxy) is 1. The molecule has 2 aliphatic rings. The first-order valence-corrected chi connectivity index (χ1v) is 8.90. The Hall–Kier alpha value is -1.85. The average Bonchev–Trinajstić information content (AvgIpc) is 3.31. The van der Waals surface area contributed by atoms with Crippen LogP contribution in [0.2, 0.25) is 0 Å². The summed E-state index contributed by atoms with van der Waals surface area (Å²) in [5.41, 5.74) is 0.571. The predicted molar refractivity (Wildman–Crippen MR) is 93.4 cm³/mol. The van der Waals surface area contributed by atoms with Crippen molar-refractivity contribution in [2.75, 3.05) is 31.1 Å². The smallest absolute Gasteiger partial charge is 0.410 e. The zero-order chi connectivity index (χ0) is 17.3. The van der Waals surface area contributed by atoms with Crippen LogP contribution in [0, 0.1) is 6.92 Å². The van der Waals surface area contributed by atoms with Gasteiger partial charge < -0.3 is 14.5 Å². The minimum atomic E-state index is -0.452. The monoisotopic (exact) mass is 332 g/mol. The number of hydrogen-bond acceptors (Lipinski definition) is 5. The van der Waals surface area contributed by atoms with Crippen LogP contribution in [-0.2, 0) is 4.74 Å². The lowest BCUT2D eigenvalue weighted by atomic mass is 10.2. The fourth-order valence-corrected chi connectivity index (χ4v) is 2.92. The molecule has 0 N–H and O–H groups in total. The van der Waals surface area contributed by atoms with Gasteiger partial charge in [-0.3, -0.25) is 0 Å². The summed E-state index contributed by atoms with van der Waals surface area (Å²) in [5.74, 6) is 2.53. The highest BCUT2D eigenvalue weighted by atomic mass is 16.6. The Balaban J connectivity index is 1.66. The van der Waals surface area contributed by atoms with Gasteiger partial charge in [0, 0.05) is 43.9 Å². The maximum absolute atomic E-state index is 12.3. The van der Waals surface area contributed by atoms with E-state index in [0.717, 1.165) is 43.4 Å². The van der Waals surface area contributed by atoms with Crippen molar-refractivity contribution in [3.8, 4) is 0 Å². The summed E-state index contributed by atoms with van der Waals surface area (Å²) in [6, 6.07) is 2.05. The minimum absolute atomic E-state index is 0.220. The lowest BCUT2D eigenvalue weighted by molar-refractivity contribution is 0.0263. The van der Waals surface area contributed by atoms with E-state index in [4.69, 9.17) is 9.72 Å². The molecule has 2 heterocycles. The third-order valence-corrected chi connectivity index (χ3v) is 4.27. The predicted octanol–water partition coefficient (Wildman–Crippen LogP) is 3.11. The van der Waals surface area contributed by atoms with Gasteiger partial charge >= 0.3 is 6.09 Å². The Labute approximate surface area is 144 Å². The third-order valence-electron chi connectivity index (χ3n) is 4.27. The lowest BCUT2D eigenvalue weighted by Crippen LogP contribution is -2.39. The fourth-order valence-electron chi connectivity index (χ4n) is 2.92. The maximum atomic E-state index is 12.3. The molecule has 6 heteroatoms. The summed E-state index contributed by atoms with van der Waals surface area (Å²) in [5, 5.41) is 0. The molecule has 3 rings (SSSR count). The van der Waals surface area contributed by atoms with Crippen LogP contribution in [-0.4, -0.2) is 52.7 Å². The molecule has 0 radical (unpaired) electrons. The zero-order valence-electron chi connectivity index (χ0n) is 15.2. The normalized spacial score (nSPS) is 19.2. The SMILES string of the molecule is Cc1cc(N2CCCN(C(=O)OC(C)(C)C)CC2)nc(C2CC2)n1. The van der Waals surface area contributed by atoms with Crippen molar-refractivity contribution in [1.29, 1.82) is 0 Å². The van der Waals surface area contributed by atoms with Crippen molar-refractivity contribution in [1.82, 2.24) is 14.9 Å². The van der Waals surface area contributed by atoms with E-state index >= 15 is 0 Å². The van der Waals surface area contributed by atoms with Crippen LogP contribution in [0.15, 0.2) is 6.07 Å². The Bertz CT molecular complexity index is 608. The van der Waals surface area contributed by atoms with E-state index in [1.165, 1.54) is 12.8 Å². The van der Waals surface area contributed by atoms with Gasteiger partial charge in [-0.2, -0.15) is 0 Å². The molecule has 1 saturated carbocycles. The first kappa shape index (κ1) is 17.0. The van der Waals surface area contributed by atoms with E-state index in [1.54, 1.807) is 4.90 Å². The largest absolute Gasteiger partial charge is 0.444 e. The quantitative estimate of drug-likeness (QED) is 0.833. The molecule has 132 valence electrons. The van der Waals surface area contributed by atoms with Gasteiger partial charge in [-0.05, 0) is 47.0 Å². The van der Waals surface area contributed by atoms with E-state index in [2.05, 4.69) is 16.0 Å². The van der Waals surface area contributed by atoms with E-state index in [1.807, 2.05) is 27.7 Å². The fraction of sp³-hybridized carbons (Fsp3) is 0.722. The van der Waals surface area contributed by atoms with Crippen LogP contribution in [0.25, 0.3) is 0 Å². The van der Waals surface area contributed by atoms with Crippen LogP contribution in [0.4, 0.5) is 10.6 Å². The molecule has 1 saturated heterocycles. The molecule has 0 spiro atoms. The Kier molecular flexibility index (Phi) is 4.65. The zero-order valence-corrected chi connectivity index (χ0v) is 15.2. The minimum Gasteiger partial charge on any atom is -0.444 e. The molecule has 6 nitrogen and oxygen atoms in total. The molecule has 2 fully saturated rings. The van der Waals surface area contributed by atoms with E-state index in [-0.39, 0.29) is 6.09 Å². The van der Waals surface area contributed by atoms with Crippen LogP contribution >= 0.6 is 0 Å². The molecule has 0 atom stereocenters. The summed E-state index contributed by atoms with van der Waals surface area (Å²) in [6.07, 6.45) is 3.10. The summed E-state index contributed by atoms with van der Waals surface area (Å²) in [7, 11) is 0. The molecule has 0 bridgehead atoms. The van der Waals surface area contributed by atoms with Gasteiger partial charge in [-0.1, -0.05) is 0 Å². The number of hydrogen-bond donors (Lipinski definition) is 0. The molecule has 24 heavy (non-hydrogen) atoms. The second kappa shape index (κ2) is 6.57. The highest BCUT2D eigenvalue weighted by Gasteiger charge is 2.28. The topological polar surface area (TPSA) is 58.6 Å². The van der Waals surface area contributed by atoms with Gasteiger partial charge in [0.05, 0.1) is 0 Å². The second-order valence-electron chi connectivity index (χ2n) is 7.81. The number of aromatic nitrogens is 2. The Morgan fingerprint density at radius 1 is 1.17 bits per heavy atom. The van der Waals surface area contributed by atoms with Gasteiger partial charge in [0.1, 0.15) is 17.2 Å². The summed E-state index contributed by atoms with van der Waals surface area (Å²) < 4.78 is 5.49. The molecular formula is C18H28N4O2. The number of amides is 1. The first-order chi connectivity index (χ1) is 11.3. The van der Waals surface area contributed by atoms with Crippen molar-refractivity contribution < 1.29 is 9.53 Å². The highest BCUT2D eigenvalue weighted by Crippen LogP contribution is 2.38. The number of carbonyl (C=O) groups is 1. The van der Waals surface area contributed by atoms with E-state index < -0.39 is 5.60 Å². The van der Waals surface area contributed by atoms with E-state index in [9.17, 15) is 4.79 Å². The van der Waals surface area contributed by atoms with Crippen molar-refractivity contribution in [2.45, 2.75) is 58.5 Å². The van der Waals surface area contributed by atoms with Crippen molar-refractivity contribution >= 4 is 11.9 Å². The van der Waals surface area contributed by atoms with Crippen LogP contribution in [0.5, 0.6) is 0 Å². The standard InChI is InChI=1S/C18H28N4O2/c1-13-12-15(20-16(19-13)14-6-7-14)21-8-5-9-22(11-10-21)17(23)24-18(2,3)4/h12,14H,5-11H2,1-4H3. The second-order valence-corrected chi connectivity index (χ2v) is 7.81. The summed E-state index contributed by atoms with van der Waals surface area (Å²) >= 11 is 0. The average molecular weight is 332 g/mol. The van der Waals surface area contributed by atoms with Gasteiger partial charge in [0.25, 0.3) is 0 Å². The first-order valence-electron chi connectivity index (χ1n) is 8.90. The van der Waals surface area contributed by atoms with Crippen LogP contribution in [0.1, 0.15) is 57.5 Å². The summed E-state index contributed by atoms with van der Waals surface area (Å²) in [4.78, 5) is 25.7. The van der Waals surface area contributed by atoms with Crippen molar-refractivity contribution in [3.05, 3.63) is 17.6 Å². The molecule has 1 aliphatic carbocycles. The molecule has 1 amide bonds. The van der Waals surface area contributed by atoms with Crippen molar-refractivity contribution in [3.63, 3.8) is 0 Å².